The van der Waals surface area contributed by atoms with Crippen molar-refractivity contribution in [1.29, 1.82) is 0 Å². The number of nitrogens with zero attached hydrogens (tertiary/aromatic N) is 5. The van der Waals surface area contributed by atoms with Gasteiger partial charge in [-0.15, -0.1) is 34.2 Å². The molecule has 28 heavy (non-hydrogen) atoms. The van der Waals surface area contributed by atoms with Crippen LogP contribution in [0.2, 0.25) is 0 Å². The molecule has 0 unspecified atom stereocenters. The zero-order chi connectivity index (χ0) is 19.2. The minimum Gasteiger partial charge on any atom is -0.354 e. The van der Waals surface area contributed by atoms with E-state index in [9.17, 15) is 4.39 Å². The number of aromatic nitrogens is 3. The number of piperidine rings is 1. The van der Waals surface area contributed by atoms with Crippen LogP contribution in [0.1, 0.15) is 30.1 Å². The van der Waals surface area contributed by atoms with Gasteiger partial charge in [0.1, 0.15) is 11.6 Å². The first-order valence-corrected chi connectivity index (χ1v) is 9.34. The van der Waals surface area contributed by atoms with E-state index in [1.165, 1.54) is 12.1 Å². The monoisotopic (exact) mass is 501 g/mol. The molecule has 2 aromatic rings. The molecule has 2 N–H and O–H groups in total. The van der Waals surface area contributed by atoms with E-state index in [2.05, 4.69) is 30.7 Å². The summed E-state index contributed by atoms with van der Waals surface area (Å²) < 4.78 is 15.0. The smallest absolute Gasteiger partial charge is 0.191 e. The van der Waals surface area contributed by atoms with Crippen LogP contribution >= 0.6 is 24.0 Å². The van der Waals surface area contributed by atoms with Gasteiger partial charge in [-0.2, -0.15) is 0 Å². The van der Waals surface area contributed by atoms with E-state index in [1.54, 1.807) is 7.05 Å². The highest BCUT2D eigenvalue weighted by atomic mass is 127. The summed E-state index contributed by atoms with van der Waals surface area (Å²) in [4.78, 5) is 6.72. The molecule has 0 amide bonds. The average Bonchev–Trinajstić information content (AvgIpc) is 3.00. The first kappa shape index (κ1) is 22.5. The van der Waals surface area contributed by atoms with Crippen LogP contribution in [-0.2, 0) is 20.1 Å². The van der Waals surface area contributed by atoms with Crippen LogP contribution in [0, 0.1) is 12.7 Å². The summed E-state index contributed by atoms with van der Waals surface area (Å²) >= 11 is 0. The number of likely N-dealkylation sites (tertiary alicyclic amines) is 1. The van der Waals surface area contributed by atoms with Crippen molar-refractivity contribution in [1.82, 2.24) is 30.3 Å². The summed E-state index contributed by atoms with van der Waals surface area (Å²) in [6, 6.07) is 7.16. The van der Waals surface area contributed by atoms with Crippen LogP contribution in [0.4, 0.5) is 4.39 Å². The lowest BCUT2D eigenvalue weighted by molar-refractivity contribution is 0.198. The molecular weight excluding hydrogens is 472 g/mol. The van der Waals surface area contributed by atoms with Gasteiger partial charge in [-0.05, 0) is 37.5 Å². The molecule has 0 bridgehead atoms. The van der Waals surface area contributed by atoms with Gasteiger partial charge in [0.05, 0.1) is 6.54 Å². The number of hydrogen-bond donors (Lipinski definition) is 2. The molecule has 1 aliphatic heterocycles. The highest BCUT2D eigenvalue weighted by Crippen LogP contribution is 2.14. The van der Waals surface area contributed by atoms with E-state index < -0.39 is 0 Å². The van der Waals surface area contributed by atoms with E-state index in [-0.39, 0.29) is 29.8 Å². The van der Waals surface area contributed by atoms with Gasteiger partial charge in [0.2, 0.25) is 0 Å². The lowest BCUT2D eigenvalue weighted by Crippen LogP contribution is -2.48. The maximum absolute atomic E-state index is 13.0. The molecular formula is C19H29FIN7. The molecule has 3 rings (SSSR count). The topological polar surface area (TPSA) is 70.4 Å². The second-order valence-electron chi connectivity index (χ2n) is 6.97. The number of guanidine groups is 1. The molecule has 0 aliphatic carbocycles. The van der Waals surface area contributed by atoms with Gasteiger partial charge in [0.15, 0.2) is 11.8 Å². The van der Waals surface area contributed by atoms with Crippen molar-refractivity contribution in [2.45, 2.75) is 38.9 Å². The Labute approximate surface area is 182 Å². The second-order valence-corrected chi connectivity index (χ2v) is 6.97. The fourth-order valence-electron chi connectivity index (χ4n) is 3.24. The van der Waals surface area contributed by atoms with E-state index >= 15 is 0 Å². The van der Waals surface area contributed by atoms with Gasteiger partial charge < -0.3 is 15.2 Å². The molecule has 0 atom stereocenters. The lowest BCUT2D eigenvalue weighted by Gasteiger charge is -2.33. The van der Waals surface area contributed by atoms with Crippen LogP contribution in [0.3, 0.4) is 0 Å². The third-order valence-corrected chi connectivity index (χ3v) is 5.07. The van der Waals surface area contributed by atoms with Gasteiger partial charge in [0, 0.05) is 39.8 Å². The number of benzene rings is 1. The van der Waals surface area contributed by atoms with Gasteiger partial charge in [-0.1, -0.05) is 12.1 Å². The van der Waals surface area contributed by atoms with E-state index in [0.717, 1.165) is 55.6 Å². The first-order chi connectivity index (χ1) is 13.0. The fraction of sp³-hybridized carbons (Fsp3) is 0.526. The Morgan fingerprint density at radius 2 is 1.89 bits per heavy atom. The molecule has 154 valence electrons. The van der Waals surface area contributed by atoms with Crippen LogP contribution in [-0.4, -0.2) is 51.8 Å². The Morgan fingerprint density at radius 3 is 2.46 bits per heavy atom. The zero-order valence-electron chi connectivity index (χ0n) is 16.7. The minimum atomic E-state index is -0.183. The molecule has 0 spiro atoms. The standard InChI is InChI=1S/C19H28FN7.HI/c1-14-24-25-18(26(14)3)12-22-19(21-2)23-17-8-10-27(11-9-17)13-15-4-6-16(20)7-5-15;/h4-7,17H,8-13H2,1-3H3,(H2,21,22,23);1H. The van der Waals surface area contributed by atoms with Crippen molar-refractivity contribution in [3.05, 3.63) is 47.3 Å². The number of aliphatic imine (C=N–C) groups is 1. The lowest BCUT2D eigenvalue weighted by atomic mass is 10.0. The predicted octanol–water partition coefficient (Wildman–Crippen LogP) is 2.21. The average molecular weight is 501 g/mol. The molecule has 9 heteroatoms. The molecule has 1 aromatic carbocycles. The highest BCUT2D eigenvalue weighted by Gasteiger charge is 2.20. The first-order valence-electron chi connectivity index (χ1n) is 9.34. The van der Waals surface area contributed by atoms with Crippen LogP contribution < -0.4 is 10.6 Å². The maximum atomic E-state index is 13.0. The van der Waals surface area contributed by atoms with Gasteiger partial charge in [0.25, 0.3) is 0 Å². The van der Waals surface area contributed by atoms with E-state index in [0.29, 0.717) is 12.6 Å². The number of nitrogens with one attached hydrogen (secondary N) is 2. The quantitative estimate of drug-likeness (QED) is 0.374. The summed E-state index contributed by atoms with van der Waals surface area (Å²) in [5, 5.41) is 15.0. The molecule has 0 radical (unpaired) electrons. The Morgan fingerprint density at radius 1 is 1.21 bits per heavy atom. The van der Waals surface area contributed by atoms with Gasteiger partial charge in [-0.3, -0.25) is 9.89 Å². The third kappa shape index (κ3) is 6.13. The summed E-state index contributed by atoms with van der Waals surface area (Å²) in [6.45, 7) is 5.40. The van der Waals surface area contributed by atoms with Gasteiger partial charge >= 0.3 is 0 Å². The SMILES string of the molecule is CN=C(NCc1nnc(C)n1C)NC1CCN(Cc2ccc(F)cc2)CC1.I. The number of halogens is 2. The van der Waals surface area contributed by atoms with Gasteiger partial charge in [-0.25, -0.2) is 4.39 Å². The summed E-state index contributed by atoms with van der Waals surface area (Å²) in [6.07, 6.45) is 2.09. The van der Waals surface area contributed by atoms with Crippen molar-refractivity contribution >= 4 is 29.9 Å². The third-order valence-electron chi connectivity index (χ3n) is 5.07. The maximum Gasteiger partial charge on any atom is 0.191 e. The molecule has 0 saturated carbocycles. The van der Waals surface area contributed by atoms with Crippen molar-refractivity contribution in [2.24, 2.45) is 12.0 Å². The highest BCUT2D eigenvalue weighted by molar-refractivity contribution is 14.0. The van der Waals surface area contributed by atoms with Crippen LogP contribution in [0.15, 0.2) is 29.3 Å². The van der Waals surface area contributed by atoms with Crippen LogP contribution in [0.25, 0.3) is 0 Å². The number of rotatable bonds is 5. The largest absolute Gasteiger partial charge is 0.354 e. The van der Waals surface area contributed by atoms with Crippen molar-refractivity contribution in [3.63, 3.8) is 0 Å². The zero-order valence-corrected chi connectivity index (χ0v) is 19.0. The molecule has 7 nitrogen and oxygen atoms in total. The Bertz CT molecular complexity index is 767. The minimum absolute atomic E-state index is 0. The number of hydrogen-bond acceptors (Lipinski definition) is 4. The Kier molecular flexibility index (Phi) is 8.61. The summed E-state index contributed by atoms with van der Waals surface area (Å²) in [5.74, 6) is 2.37. The van der Waals surface area contributed by atoms with Crippen LogP contribution in [0.5, 0.6) is 0 Å². The predicted molar refractivity (Wildman–Crippen MR) is 119 cm³/mol. The molecule has 1 aromatic heterocycles. The Balaban J connectivity index is 0.00000280. The molecule has 2 heterocycles. The van der Waals surface area contributed by atoms with E-state index in [1.807, 2.05) is 30.7 Å². The second kappa shape index (κ2) is 10.7. The van der Waals surface area contributed by atoms with Crippen molar-refractivity contribution < 1.29 is 4.39 Å². The Hall–Kier alpha value is -1.75. The summed E-state index contributed by atoms with van der Waals surface area (Å²) in [5.41, 5.74) is 1.15. The van der Waals surface area contributed by atoms with Crippen molar-refractivity contribution in [3.8, 4) is 0 Å². The normalized spacial score (nSPS) is 15.9. The fourth-order valence-corrected chi connectivity index (χ4v) is 3.24. The van der Waals surface area contributed by atoms with Crippen molar-refractivity contribution in [2.75, 3.05) is 20.1 Å². The molecule has 1 saturated heterocycles. The summed E-state index contributed by atoms with van der Waals surface area (Å²) in [7, 11) is 3.74. The molecule has 1 aliphatic rings. The molecule has 1 fully saturated rings. The van der Waals surface area contributed by atoms with E-state index in [4.69, 9.17) is 0 Å². The number of aryl methyl sites for hydroxylation is 1.